The number of benzene rings is 2. The first-order valence-corrected chi connectivity index (χ1v) is 6.98. The lowest BCUT2D eigenvalue weighted by Crippen LogP contribution is -2.21. The number of Topliss-reactive ketones (excluding diaryl/α,β-unsaturated/α-hetero) is 1. The van der Waals surface area contributed by atoms with Crippen LogP contribution in [0.5, 0.6) is 0 Å². The Morgan fingerprint density at radius 2 is 1.85 bits per heavy atom. The Labute approximate surface area is 128 Å². The molecular formula is C16H14Cl2O2. The van der Waals surface area contributed by atoms with Crippen molar-refractivity contribution in [1.82, 2.24) is 0 Å². The molecule has 0 aliphatic carbocycles. The third kappa shape index (κ3) is 3.83. The van der Waals surface area contributed by atoms with Crippen LogP contribution in [0.25, 0.3) is 0 Å². The molecule has 0 radical (unpaired) electrons. The number of rotatable bonds is 5. The molecule has 0 heterocycles. The van der Waals surface area contributed by atoms with Crippen molar-refractivity contribution in [3.05, 3.63) is 69.7 Å². The molecule has 1 unspecified atom stereocenters. The highest BCUT2D eigenvalue weighted by Gasteiger charge is 2.18. The zero-order valence-electron chi connectivity index (χ0n) is 11.0. The number of ether oxygens (including phenoxy) is 1. The van der Waals surface area contributed by atoms with Gasteiger partial charge in [-0.25, -0.2) is 0 Å². The fourth-order valence-electron chi connectivity index (χ4n) is 1.78. The molecule has 0 fully saturated rings. The zero-order valence-corrected chi connectivity index (χ0v) is 12.5. The Kier molecular flexibility index (Phi) is 5.18. The minimum Gasteiger partial charge on any atom is -0.366 e. The van der Waals surface area contributed by atoms with Gasteiger partial charge in [0.15, 0.2) is 5.78 Å². The second kappa shape index (κ2) is 6.89. The smallest absolute Gasteiger partial charge is 0.192 e. The molecular weight excluding hydrogens is 295 g/mol. The monoisotopic (exact) mass is 308 g/mol. The topological polar surface area (TPSA) is 26.3 Å². The van der Waals surface area contributed by atoms with E-state index in [9.17, 15) is 4.79 Å². The predicted molar refractivity (Wildman–Crippen MR) is 81.5 cm³/mol. The molecule has 0 aromatic heterocycles. The lowest BCUT2D eigenvalue weighted by molar-refractivity contribution is 0.0412. The Balaban J connectivity index is 2.01. The maximum Gasteiger partial charge on any atom is 0.192 e. The van der Waals surface area contributed by atoms with E-state index >= 15 is 0 Å². The van der Waals surface area contributed by atoms with E-state index in [4.69, 9.17) is 27.9 Å². The van der Waals surface area contributed by atoms with Crippen LogP contribution in [0.15, 0.2) is 48.5 Å². The molecule has 0 amide bonds. The number of hydrogen-bond acceptors (Lipinski definition) is 2. The maximum atomic E-state index is 12.2. The van der Waals surface area contributed by atoms with E-state index in [0.717, 1.165) is 5.56 Å². The molecule has 0 bridgehead atoms. The zero-order chi connectivity index (χ0) is 14.5. The number of hydrogen-bond donors (Lipinski definition) is 0. The summed E-state index contributed by atoms with van der Waals surface area (Å²) < 4.78 is 5.59. The molecule has 2 nitrogen and oxygen atoms in total. The van der Waals surface area contributed by atoms with E-state index in [2.05, 4.69) is 0 Å². The van der Waals surface area contributed by atoms with Crippen molar-refractivity contribution in [3.8, 4) is 0 Å². The van der Waals surface area contributed by atoms with Gasteiger partial charge in [0.25, 0.3) is 0 Å². The largest absolute Gasteiger partial charge is 0.366 e. The van der Waals surface area contributed by atoms with E-state index < -0.39 is 6.10 Å². The quantitative estimate of drug-likeness (QED) is 0.743. The van der Waals surface area contributed by atoms with Crippen molar-refractivity contribution < 1.29 is 9.53 Å². The first-order valence-electron chi connectivity index (χ1n) is 6.22. The van der Waals surface area contributed by atoms with E-state index in [1.54, 1.807) is 25.1 Å². The molecule has 0 aliphatic rings. The molecule has 2 rings (SSSR count). The van der Waals surface area contributed by atoms with Crippen molar-refractivity contribution in [1.29, 1.82) is 0 Å². The average Bonchev–Trinajstić information content (AvgIpc) is 2.45. The molecule has 1 atom stereocenters. The summed E-state index contributed by atoms with van der Waals surface area (Å²) in [6.45, 7) is 2.11. The second-order valence-corrected chi connectivity index (χ2v) is 5.27. The number of carbonyl (C=O) groups excluding carboxylic acids is 1. The first kappa shape index (κ1) is 15.0. The Morgan fingerprint density at radius 3 is 2.50 bits per heavy atom. The summed E-state index contributed by atoms with van der Waals surface area (Å²) in [5, 5.41) is 0.849. The SMILES string of the molecule is CC(OCc1ccccc1)C(=O)c1ccc(Cl)cc1Cl. The van der Waals surface area contributed by atoms with Crippen LogP contribution in [-0.2, 0) is 11.3 Å². The highest BCUT2D eigenvalue weighted by molar-refractivity contribution is 6.37. The van der Waals surface area contributed by atoms with Gasteiger partial charge in [-0.15, -0.1) is 0 Å². The summed E-state index contributed by atoms with van der Waals surface area (Å²) in [4.78, 5) is 12.2. The van der Waals surface area contributed by atoms with Gasteiger partial charge in [0.05, 0.1) is 11.6 Å². The molecule has 0 aliphatic heterocycles. The van der Waals surface area contributed by atoms with E-state index in [0.29, 0.717) is 22.2 Å². The minimum atomic E-state index is -0.561. The summed E-state index contributed by atoms with van der Waals surface area (Å²) in [6.07, 6.45) is -0.561. The fraction of sp³-hybridized carbons (Fsp3) is 0.188. The molecule has 2 aromatic carbocycles. The van der Waals surface area contributed by atoms with Crippen molar-refractivity contribution in [2.75, 3.05) is 0 Å². The van der Waals surface area contributed by atoms with Crippen molar-refractivity contribution in [3.63, 3.8) is 0 Å². The van der Waals surface area contributed by atoms with Gasteiger partial charge in [0, 0.05) is 10.6 Å². The van der Waals surface area contributed by atoms with E-state index in [1.165, 1.54) is 0 Å². The first-order chi connectivity index (χ1) is 9.58. The Bertz CT molecular complexity index is 597. The maximum absolute atomic E-state index is 12.2. The van der Waals surface area contributed by atoms with Crippen LogP contribution in [0, 0.1) is 0 Å². The van der Waals surface area contributed by atoms with Crippen LogP contribution in [0.3, 0.4) is 0 Å². The summed E-state index contributed by atoms with van der Waals surface area (Å²) in [5.74, 6) is -0.150. The van der Waals surface area contributed by atoms with E-state index in [-0.39, 0.29) is 5.78 Å². The average molecular weight is 309 g/mol. The molecule has 2 aromatic rings. The fourth-order valence-corrected chi connectivity index (χ4v) is 2.28. The Morgan fingerprint density at radius 1 is 1.15 bits per heavy atom. The van der Waals surface area contributed by atoms with Crippen molar-refractivity contribution in [2.45, 2.75) is 19.6 Å². The third-order valence-corrected chi connectivity index (χ3v) is 3.46. The summed E-state index contributed by atoms with van der Waals surface area (Å²) in [6, 6.07) is 14.5. The summed E-state index contributed by atoms with van der Waals surface area (Å²) >= 11 is 11.8. The van der Waals surface area contributed by atoms with Crippen LogP contribution in [0.1, 0.15) is 22.8 Å². The molecule has 0 spiro atoms. The van der Waals surface area contributed by atoms with Crippen LogP contribution >= 0.6 is 23.2 Å². The molecule has 0 saturated carbocycles. The highest BCUT2D eigenvalue weighted by atomic mass is 35.5. The van der Waals surface area contributed by atoms with Crippen molar-refractivity contribution >= 4 is 29.0 Å². The lowest BCUT2D eigenvalue weighted by Gasteiger charge is -2.13. The van der Waals surface area contributed by atoms with Crippen LogP contribution in [0.2, 0.25) is 10.0 Å². The van der Waals surface area contributed by atoms with Gasteiger partial charge < -0.3 is 4.74 Å². The van der Waals surface area contributed by atoms with Gasteiger partial charge in [-0.1, -0.05) is 53.5 Å². The van der Waals surface area contributed by atoms with Crippen LogP contribution < -0.4 is 0 Å². The minimum absolute atomic E-state index is 0.150. The summed E-state index contributed by atoms with van der Waals surface area (Å²) in [7, 11) is 0. The molecule has 104 valence electrons. The predicted octanol–water partition coefficient (Wildman–Crippen LogP) is 4.78. The Hall–Kier alpha value is -1.35. The molecule has 4 heteroatoms. The third-order valence-electron chi connectivity index (χ3n) is 2.91. The van der Waals surface area contributed by atoms with Gasteiger partial charge in [-0.2, -0.15) is 0 Å². The molecule has 0 N–H and O–H groups in total. The standard InChI is InChI=1S/C16H14Cl2O2/c1-11(20-10-12-5-3-2-4-6-12)16(19)14-8-7-13(17)9-15(14)18/h2-9,11H,10H2,1H3. The van der Waals surface area contributed by atoms with Gasteiger partial charge in [-0.05, 0) is 30.7 Å². The van der Waals surface area contributed by atoms with Gasteiger partial charge in [-0.3, -0.25) is 4.79 Å². The molecule has 20 heavy (non-hydrogen) atoms. The van der Waals surface area contributed by atoms with E-state index in [1.807, 2.05) is 30.3 Å². The molecule has 0 saturated heterocycles. The summed E-state index contributed by atoms with van der Waals surface area (Å²) in [5.41, 5.74) is 1.45. The van der Waals surface area contributed by atoms with Crippen LogP contribution in [-0.4, -0.2) is 11.9 Å². The number of carbonyl (C=O) groups is 1. The number of ketones is 1. The highest BCUT2D eigenvalue weighted by Crippen LogP contribution is 2.23. The number of halogens is 2. The lowest BCUT2D eigenvalue weighted by atomic mass is 10.1. The van der Waals surface area contributed by atoms with Gasteiger partial charge >= 0.3 is 0 Å². The second-order valence-electron chi connectivity index (χ2n) is 4.43. The van der Waals surface area contributed by atoms with Crippen molar-refractivity contribution in [2.24, 2.45) is 0 Å². The van der Waals surface area contributed by atoms with Gasteiger partial charge in [0.2, 0.25) is 0 Å². The van der Waals surface area contributed by atoms with Gasteiger partial charge in [0.1, 0.15) is 6.10 Å². The van der Waals surface area contributed by atoms with Crippen LogP contribution in [0.4, 0.5) is 0 Å². The normalized spacial score (nSPS) is 12.2.